The van der Waals surface area contributed by atoms with Gasteiger partial charge in [-0.1, -0.05) is 60.1 Å². The molecule has 8 nitrogen and oxygen atoms in total. The molecular formula is C23H19ClN2O6S. The van der Waals surface area contributed by atoms with E-state index in [1.165, 1.54) is 24.3 Å². The summed E-state index contributed by atoms with van der Waals surface area (Å²) >= 11 is 6.04. The molecule has 0 fully saturated rings. The van der Waals surface area contributed by atoms with Gasteiger partial charge in [0.1, 0.15) is 4.90 Å². The minimum Gasteiger partial charge on any atom is -0.452 e. The van der Waals surface area contributed by atoms with Gasteiger partial charge in [0.25, 0.3) is 11.8 Å². The number of benzene rings is 3. The Morgan fingerprint density at radius 3 is 2.15 bits per heavy atom. The Morgan fingerprint density at radius 2 is 1.48 bits per heavy atom. The average molecular weight is 487 g/mol. The fraction of sp³-hybridized carbons (Fsp3) is 0.0870. The highest BCUT2D eigenvalue weighted by molar-refractivity contribution is 7.89. The Morgan fingerprint density at radius 1 is 0.848 bits per heavy atom. The van der Waals surface area contributed by atoms with Crippen LogP contribution in [0.25, 0.3) is 0 Å². The number of carbonyl (C=O) groups is 3. The number of carbonyl (C=O) groups excluding carboxylic acids is 3. The maximum Gasteiger partial charge on any atom is 0.338 e. The van der Waals surface area contributed by atoms with Gasteiger partial charge in [-0.25, -0.2) is 17.9 Å². The van der Waals surface area contributed by atoms with Crippen LogP contribution in [0.1, 0.15) is 26.3 Å². The molecule has 3 aromatic rings. The van der Waals surface area contributed by atoms with Gasteiger partial charge in [-0.15, -0.1) is 0 Å². The fourth-order valence-corrected chi connectivity index (χ4v) is 4.27. The second kappa shape index (κ2) is 10.9. The van der Waals surface area contributed by atoms with Crippen molar-refractivity contribution in [1.29, 1.82) is 0 Å². The summed E-state index contributed by atoms with van der Waals surface area (Å²) in [6, 6.07) is 20.5. The highest BCUT2D eigenvalue weighted by atomic mass is 35.5. The number of esters is 1. The zero-order valence-electron chi connectivity index (χ0n) is 17.2. The summed E-state index contributed by atoms with van der Waals surface area (Å²) < 4.78 is 32.7. The monoisotopic (exact) mass is 486 g/mol. The first-order chi connectivity index (χ1) is 15.8. The van der Waals surface area contributed by atoms with Crippen molar-refractivity contribution in [2.75, 3.05) is 6.61 Å². The molecule has 2 N–H and O–H groups in total. The number of ether oxygens (including phenoxy) is 1. The van der Waals surface area contributed by atoms with Crippen molar-refractivity contribution in [3.8, 4) is 0 Å². The number of imide groups is 1. The molecule has 10 heteroatoms. The number of halogens is 1. The van der Waals surface area contributed by atoms with E-state index in [-0.39, 0.29) is 27.6 Å². The lowest BCUT2D eigenvalue weighted by Crippen LogP contribution is -2.34. The summed E-state index contributed by atoms with van der Waals surface area (Å²) in [6.07, 6.45) is 0. The summed E-state index contributed by atoms with van der Waals surface area (Å²) in [5.41, 5.74) is 0.887. The summed E-state index contributed by atoms with van der Waals surface area (Å²) in [5, 5.41) is 2.01. The van der Waals surface area contributed by atoms with Gasteiger partial charge >= 0.3 is 5.97 Å². The van der Waals surface area contributed by atoms with Gasteiger partial charge in [0.2, 0.25) is 10.0 Å². The smallest absolute Gasteiger partial charge is 0.338 e. The number of rotatable bonds is 8. The van der Waals surface area contributed by atoms with Gasteiger partial charge in [0, 0.05) is 12.1 Å². The second-order valence-corrected chi connectivity index (χ2v) is 8.92. The predicted molar refractivity (Wildman–Crippen MR) is 121 cm³/mol. The molecule has 170 valence electrons. The summed E-state index contributed by atoms with van der Waals surface area (Å²) in [4.78, 5) is 35.9. The largest absolute Gasteiger partial charge is 0.452 e. The van der Waals surface area contributed by atoms with E-state index in [4.69, 9.17) is 16.3 Å². The molecule has 0 spiro atoms. The highest BCUT2D eigenvalue weighted by Crippen LogP contribution is 2.23. The Bertz CT molecular complexity index is 1260. The van der Waals surface area contributed by atoms with Gasteiger partial charge in [-0.2, -0.15) is 0 Å². The first-order valence-electron chi connectivity index (χ1n) is 9.66. The Balaban J connectivity index is 1.62. The molecule has 0 aliphatic heterocycles. The van der Waals surface area contributed by atoms with Crippen LogP contribution in [-0.4, -0.2) is 32.8 Å². The Labute approximate surface area is 195 Å². The molecule has 0 atom stereocenters. The molecule has 0 saturated heterocycles. The number of hydrogen-bond acceptors (Lipinski definition) is 6. The van der Waals surface area contributed by atoms with Gasteiger partial charge < -0.3 is 4.74 Å². The molecule has 3 rings (SSSR count). The molecule has 2 amide bonds. The van der Waals surface area contributed by atoms with Crippen LogP contribution >= 0.6 is 11.6 Å². The van der Waals surface area contributed by atoms with Crippen LogP contribution in [-0.2, 0) is 26.1 Å². The normalized spacial score (nSPS) is 10.9. The third-order valence-electron chi connectivity index (χ3n) is 4.39. The lowest BCUT2D eigenvalue weighted by Gasteiger charge is -2.10. The predicted octanol–water partition coefficient (Wildman–Crippen LogP) is 2.93. The van der Waals surface area contributed by atoms with Crippen LogP contribution in [0.2, 0.25) is 5.02 Å². The number of amides is 2. The van der Waals surface area contributed by atoms with Crippen LogP contribution < -0.4 is 10.0 Å². The lowest BCUT2D eigenvalue weighted by atomic mass is 10.2. The van der Waals surface area contributed by atoms with E-state index in [1.54, 1.807) is 42.5 Å². The molecule has 0 bridgehead atoms. The SMILES string of the molecule is O=C(COC(=O)c1ccc(Cl)c(S(=O)(=O)NCc2ccccc2)c1)NC(=O)c1ccccc1. The first kappa shape index (κ1) is 24.1. The molecule has 0 heterocycles. The minimum atomic E-state index is -4.04. The topological polar surface area (TPSA) is 119 Å². The maximum absolute atomic E-state index is 12.7. The zero-order chi connectivity index (χ0) is 23.8. The van der Waals surface area contributed by atoms with E-state index in [9.17, 15) is 22.8 Å². The van der Waals surface area contributed by atoms with Crippen LogP contribution in [0.4, 0.5) is 0 Å². The number of nitrogens with one attached hydrogen (secondary N) is 2. The van der Waals surface area contributed by atoms with Crippen molar-refractivity contribution in [3.05, 3.63) is 101 Å². The fourth-order valence-electron chi connectivity index (χ4n) is 2.73. The number of hydrogen-bond donors (Lipinski definition) is 2. The van der Waals surface area contributed by atoms with Crippen molar-refractivity contribution >= 4 is 39.4 Å². The highest BCUT2D eigenvalue weighted by Gasteiger charge is 2.21. The molecule has 0 unspecified atom stereocenters. The molecule has 0 aliphatic rings. The van der Waals surface area contributed by atoms with Gasteiger partial charge in [-0.3, -0.25) is 14.9 Å². The average Bonchev–Trinajstić information content (AvgIpc) is 2.82. The van der Waals surface area contributed by atoms with Crippen LogP contribution in [0.5, 0.6) is 0 Å². The van der Waals surface area contributed by atoms with E-state index < -0.39 is 34.4 Å². The zero-order valence-corrected chi connectivity index (χ0v) is 18.7. The van der Waals surface area contributed by atoms with Crippen molar-refractivity contribution in [3.63, 3.8) is 0 Å². The molecule has 3 aromatic carbocycles. The Kier molecular flexibility index (Phi) is 7.94. The van der Waals surface area contributed by atoms with E-state index in [0.717, 1.165) is 11.6 Å². The van der Waals surface area contributed by atoms with E-state index in [1.807, 2.05) is 6.07 Å². The Hall–Kier alpha value is -3.53. The van der Waals surface area contributed by atoms with Crippen LogP contribution in [0.3, 0.4) is 0 Å². The quantitative estimate of drug-likeness (QED) is 0.472. The molecule has 0 aliphatic carbocycles. The van der Waals surface area contributed by atoms with Crippen molar-refractivity contribution in [2.45, 2.75) is 11.4 Å². The van der Waals surface area contributed by atoms with Crippen molar-refractivity contribution in [2.24, 2.45) is 0 Å². The number of sulfonamides is 1. The van der Waals surface area contributed by atoms with Crippen molar-refractivity contribution in [1.82, 2.24) is 10.0 Å². The molecule has 0 radical (unpaired) electrons. The molecule has 33 heavy (non-hydrogen) atoms. The summed E-state index contributed by atoms with van der Waals surface area (Å²) in [6.45, 7) is -0.696. The lowest BCUT2D eigenvalue weighted by molar-refractivity contribution is -0.123. The summed E-state index contributed by atoms with van der Waals surface area (Å²) in [5.74, 6) is -2.42. The standard InChI is InChI=1S/C23H19ClN2O6S/c24-19-12-11-18(13-20(19)33(30,31)25-14-16-7-3-1-4-8-16)23(29)32-15-21(27)26-22(28)17-9-5-2-6-10-17/h1-13,25H,14-15H2,(H,26,27,28). The summed E-state index contributed by atoms with van der Waals surface area (Å²) in [7, 11) is -4.04. The third-order valence-corrected chi connectivity index (χ3v) is 6.27. The van der Waals surface area contributed by atoms with Gasteiger partial charge in [0.05, 0.1) is 10.6 Å². The van der Waals surface area contributed by atoms with Crippen LogP contribution in [0.15, 0.2) is 83.8 Å². The first-order valence-corrected chi connectivity index (χ1v) is 11.5. The molecule has 0 aromatic heterocycles. The van der Waals surface area contributed by atoms with E-state index in [0.29, 0.717) is 0 Å². The third kappa shape index (κ3) is 6.72. The molecular weight excluding hydrogens is 468 g/mol. The van der Waals surface area contributed by atoms with Gasteiger partial charge in [0.15, 0.2) is 6.61 Å². The van der Waals surface area contributed by atoms with E-state index >= 15 is 0 Å². The van der Waals surface area contributed by atoms with E-state index in [2.05, 4.69) is 10.0 Å². The van der Waals surface area contributed by atoms with Crippen molar-refractivity contribution < 1.29 is 27.5 Å². The molecule has 0 saturated carbocycles. The maximum atomic E-state index is 12.7. The minimum absolute atomic E-state index is 0.0315. The second-order valence-electron chi connectivity index (χ2n) is 6.77. The van der Waals surface area contributed by atoms with Crippen LogP contribution in [0, 0.1) is 0 Å². The van der Waals surface area contributed by atoms with Gasteiger partial charge in [-0.05, 0) is 35.9 Å².